The number of morpholine rings is 1. The molecule has 156 valence electrons. The Morgan fingerprint density at radius 1 is 1.10 bits per heavy atom. The van der Waals surface area contributed by atoms with Gasteiger partial charge < -0.3 is 19.1 Å². The molecule has 0 saturated carbocycles. The van der Waals surface area contributed by atoms with Crippen LogP contribution in [0.15, 0.2) is 41.6 Å². The minimum atomic E-state index is -0.312. The molecular formula is C20H18ClFN4O3S. The van der Waals surface area contributed by atoms with Crippen molar-refractivity contribution in [1.82, 2.24) is 14.8 Å². The Balaban J connectivity index is 1.46. The quantitative estimate of drug-likeness (QED) is 0.548. The summed E-state index contributed by atoms with van der Waals surface area (Å²) in [5.41, 5.74) is 1.64. The molecule has 10 heteroatoms. The molecule has 5 rings (SSSR count). The summed E-state index contributed by atoms with van der Waals surface area (Å²) in [5, 5.41) is 9.97. The second-order valence-electron chi connectivity index (χ2n) is 6.80. The molecule has 30 heavy (non-hydrogen) atoms. The van der Waals surface area contributed by atoms with Crippen molar-refractivity contribution in [2.24, 2.45) is 0 Å². The van der Waals surface area contributed by atoms with Crippen molar-refractivity contribution >= 4 is 29.3 Å². The van der Waals surface area contributed by atoms with Gasteiger partial charge >= 0.3 is 0 Å². The molecule has 2 aliphatic rings. The van der Waals surface area contributed by atoms with E-state index in [0.717, 1.165) is 5.56 Å². The largest absolute Gasteiger partial charge is 0.454 e. The third-order valence-electron chi connectivity index (χ3n) is 4.83. The highest BCUT2D eigenvalue weighted by Crippen LogP contribution is 2.41. The highest BCUT2D eigenvalue weighted by atomic mass is 35.5. The summed E-state index contributed by atoms with van der Waals surface area (Å²) in [6.45, 7) is 2.82. The highest BCUT2D eigenvalue weighted by Gasteiger charge is 2.23. The first kappa shape index (κ1) is 19.5. The molecule has 0 amide bonds. The standard InChI is InChI=1S/C20H18ClFN4O3S/c21-16-8-13(9-17-18(16)29-12-28-17)11-30-20-24-23-19(25-4-6-27-7-5-25)26(20)15-3-1-2-14(22)10-15/h1-3,8-10H,4-7,11-12H2. The Bertz CT molecular complexity index is 1070. The second kappa shape index (κ2) is 8.33. The third kappa shape index (κ3) is 3.80. The van der Waals surface area contributed by atoms with Crippen LogP contribution >= 0.6 is 23.4 Å². The number of aromatic nitrogens is 3. The maximum atomic E-state index is 14.0. The van der Waals surface area contributed by atoms with Gasteiger partial charge in [-0.25, -0.2) is 4.39 Å². The number of hydrogen-bond donors (Lipinski definition) is 0. The zero-order valence-electron chi connectivity index (χ0n) is 15.9. The molecule has 7 nitrogen and oxygen atoms in total. The van der Waals surface area contributed by atoms with Crippen LogP contribution in [0.5, 0.6) is 11.5 Å². The number of rotatable bonds is 5. The van der Waals surface area contributed by atoms with Gasteiger partial charge in [0.05, 0.1) is 23.9 Å². The van der Waals surface area contributed by atoms with Crippen LogP contribution in [0.3, 0.4) is 0 Å². The van der Waals surface area contributed by atoms with Crippen LogP contribution in [-0.2, 0) is 10.5 Å². The normalized spacial score (nSPS) is 15.6. The summed E-state index contributed by atoms with van der Waals surface area (Å²) in [6.07, 6.45) is 0. The molecular weight excluding hydrogens is 431 g/mol. The monoisotopic (exact) mass is 448 g/mol. The van der Waals surface area contributed by atoms with Gasteiger partial charge in [-0.2, -0.15) is 0 Å². The van der Waals surface area contributed by atoms with E-state index in [2.05, 4.69) is 15.1 Å². The lowest BCUT2D eigenvalue weighted by Gasteiger charge is -2.27. The van der Waals surface area contributed by atoms with E-state index in [0.29, 0.717) is 65.4 Å². The van der Waals surface area contributed by atoms with Crippen molar-refractivity contribution in [3.05, 3.63) is 52.8 Å². The van der Waals surface area contributed by atoms with Gasteiger partial charge in [-0.15, -0.1) is 10.2 Å². The Morgan fingerprint density at radius 2 is 1.97 bits per heavy atom. The molecule has 2 aliphatic heterocycles. The number of benzene rings is 2. The van der Waals surface area contributed by atoms with E-state index in [4.69, 9.17) is 25.8 Å². The Kier molecular flexibility index (Phi) is 5.41. The molecule has 1 aromatic heterocycles. The fourth-order valence-corrected chi connectivity index (χ4v) is 4.58. The fourth-order valence-electron chi connectivity index (χ4n) is 3.42. The molecule has 0 aliphatic carbocycles. The molecule has 0 spiro atoms. The van der Waals surface area contributed by atoms with Gasteiger partial charge in [-0.05, 0) is 35.9 Å². The van der Waals surface area contributed by atoms with Crippen molar-refractivity contribution in [3.63, 3.8) is 0 Å². The van der Waals surface area contributed by atoms with Crippen LogP contribution in [0.2, 0.25) is 5.02 Å². The maximum absolute atomic E-state index is 14.0. The van der Waals surface area contributed by atoms with Gasteiger partial charge in [0.1, 0.15) is 5.82 Å². The Hall–Kier alpha value is -2.49. The highest BCUT2D eigenvalue weighted by molar-refractivity contribution is 7.98. The van der Waals surface area contributed by atoms with Gasteiger partial charge in [0, 0.05) is 18.8 Å². The number of fused-ring (bicyclic) bond motifs is 1. The van der Waals surface area contributed by atoms with Crippen molar-refractivity contribution in [2.45, 2.75) is 10.9 Å². The zero-order chi connectivity index (χ0) is 20.5. The van der Waals surface area contributed by atoms with Crippen molar-refractivity contribution < 1.29 is 18.6 Å². The Labute approximate surface area is 181 Å². The summed E-state index contributed by atoms with van der Waals surface area (Å²) >= 11 is 7.79. The van der Waals surface area contributed by atoms with E-state index in [1.54, 1.807) is 6.07 Å². The van der Waals surface area contributed by atoms with Gasteiger partial charge in [-0.3, -0.25) is 4.57 Å². The van der Waals surface area contributed by atoms with Crippen LogP contribution in [0.4, 0.5) is 10.3 Å². The summed E-state index contributed by atoms with van der Waals surface area (Å²) in [7, 11) is 0. The number of thioether (sulfide) groups is 1. The summed E-state index contributed by atoms with van der Waals surface area (Å²) in [6, 6.07) is 10.2. The topological polar surface area (TPSA) is 61.6 Å². The van der Waals surface area contributed by atoms with Crippen LogP contribution in [0.1, 0.15) is 5.56 Å². The van der Waals surface area contributed by atoms with Gasteiger partial charge in [0.2, 0.25) is 12.7 Å². The molecule has 3 aromatic rings. The second-order valence-corrected chi connectivity index (χ2v) is 8.15. The third-order valence-corrected chi connectivity index (χ3v) is 6.11. The van der Waals surface area contributed by atoms with Crippen molar-refractivity contribution in [1.29, 1.82) is 0 Å². The molecule has 2 aromatic carbocycles. The van der Waals surface area contributed by atoms with E-state index in [1.165, 1.54) is 23.9 Å². The smallest absolute Gasteiger partial charge is 0.232 e. The SMILES string of the molecule is Fc1cccc(-n2c(SCc3cc(Cl)c4c(c3)OCO4)nnc2N2CCOCC2)c1. The molecule has 0 radical (unpaired) electrons. The lowest BCUT2D eigenvalue weighted by atomic mass is 10.2. The van der Waals surface area contributed by atoms with Gasteiger partial charge in [0.25, 0.3) is 0 Å². The predicted molar refractivity (Wildman–Crippen MR) is 111 cm³/mol. The number of halogens is 2. The minimum Gasteiger partial charge on any atom is -0.454 e. The van der Waals surface area contributed by atoms with Crippen LogP contribution < -0.4 is 14.4 Å². The summed E-state index contributed by atoms with van der Waals surface area (Å²) in [4.78, 5) is 2.10. The molecule has 3 heterocycles. The average molecular weight is 449 g/mol. The lowest BCUT2D eigenvalue weighted by Crippen LogP contribution is -2.37. The number of hydrogen-bond acceptors (Lipinski definition) is 7. The molecule has 0 atom stereocenters. The van der Waals surface area contributed by atoms with Crippen molar-refractivity contribution in [2.75, 3.05) is 38.0 Å². The molecule has 0 unspecified atom stereocenters. The minimum absolute atomic E-state index is 0.169. The first-order chi connectivity index (χ1) is 14.7. The fraction of sp³-hybridized carbons (Fsp3) is 0.300. The molecule has 1 fully saturated rings. The van der Waals surface area contributed by atoms with E-state index in [1.807, 2.05) is 22.8 Å². The van der Waals surface area contributed by atoms with E-state index < -0.39 is 0 Å². The number of anilines is 1. The van der Waals surface area contributed by atoms with Crippen LogP contribution in [-0.4, -0.2) is 47.9 Å². The number of nitrogens with zero attached hydrogens (tertiary/aromatic N) is 4. The first-order valence-electron chi connectivity index (χ1n) is 9.44. The Morgan fingerprint density at radius 3 is 2.80 bits per heavy atom. The number of ether oxygens (including phenoxy) is 3. The summed E-state index contributed by atoms with van der Waals surface area (Å²) < 4.78 is 32.1. The van der Waals surface area contributed by atoms with E-state index >= 15 is 0 Å². The lowest BCUT2D eigenvalue weighted by molar-refractivity contribution is 0.122. The van der Waals surface area contributed by atoms with Gasteiger partial charge in [0.15, 0.2) is 16.7 Å². The maximum Gasteiger partial charge on any atom is 0.232 e. The predicted octanol–water partition coefficient (Wildman–Crippen LogP) is 3.92. The van der Waals surface area contributed by atoms with Gasteiger partial charge in [-0.1, -0.05) is 29.4 Å². The zero-order valence-corrected chi connectivity index (χ0v) is 17.5. The molecule has 1 saturated heterocycles. The van der Waals surface area contributed by atoms with Crippen LogP contribution in [0.25, 0.3) is 5.69 Å². The average Bonchev–Trinajstić information content (AvgIpc) is 3.40. The summed E-state index contributed by atoms with van der Waals surface area (Å²) in [5.74, 6) is 2.16. The van der Waals surface area contributed by atoms with Crippen LogP contribution in [0, 0.1) is 5.82 Å². The van der Waals surface area contributed by atoms with E-state index in [-0.39, 0.29) is 12.6 Å². The van der Waals surface area contributed by atoms with E-state index in [9.17, 15) is 4.39 Å². The first-order valence-corrected chi connectivity index (χ1v) is 10.8. The molecule has 0 N–H and O–H groups in total. The van der Waals surface area contributed by atoms with Crippen molar-refractivity contribution in [3.8, 4) is 17.2 Å². The molecule has 0 bridgehead atoms.